The summed E-state index contributed by atoms with van der Waals surface area (Å²) in [5.41, 5.74) is 15.3. The SMILES string of the molecule is [B]1Nc2ccccc2-c2ccc([Si](c3ccccc3)(c3ccccc3)c3ccc4c(c3)B3c5ccccc5-c5ccccc5N3c3ccccc3-4)cc21. The monoisotopic (exact) mass is 687 g/mol. The normalized spacial score (nSPS) is 13.1. The van der Waals surface area contributed by atoms with Gasteiger partial charge < -0.3 is 10.0 Å². The van der Waals surface area contributed by atoms with Gasteiger partial charge in [0, 0.05) is 33.8 Å². The van der Waals surface area contributed by atoms with Gasteiger partial charge in [0.2, 0.25) is 0 Å². The van der Waals surface area contributed by atoms with Crippen molar-refractivity contribution in [1.29, 1.82) is 0 Å². The van der Waals surface area contributed by atoms with E-state index >= 15 is 0 Å². The third kappa shape index (κ3) is 4.41. The van der Waals surface area contributed by atoms with E-state index in [0.29, 0.717) is 0 Å². The fourth-order valence-electron chi connectivity index (χ4n) is 9.46. The van der Waals surface area contributed by atoms with Crippen LogP contribution in [0.5, 0.6) is 0 Å². The number of hydrogen-bond acceptors (Lipinski definition) is 2. The van der Waals surface area contributed by atoms with Crippen LogP contribution in [-0.4, -0.2) is 22.3 Å². The quantitative estimate of drug-likeness (QED) is 0.173. The Morgan fingerprint density at radius 3 is 1.58 bits per heavy atom. The minimum atomic E-state index is -2.89. The molecule has 11 rings (SSSR count). The summed E-state index contributed by atoms with van der Waals surface area (Å²) in [4.78, 5) is 2.60. The summed E-state index contributed by atoms with van der Waals surface area (Å²) in [6, 6.07) is 72.9. The fourth-order valence-corrected chi connectivity index (χ4v) is 14.3. The van der Waals surface area contributed by atoms with Gasteiger partial charge in [0.1, 0.15) is 0 Å². The largest absolute Gasteiger partial charge is 0.427 e. The molecule has 0 amide bonds. The Bertz CT molecular complexity index is 2670. The summed E-state index contributed by atoms with van der Waals surface area (Å²) < 4.78 is 0. The van der Waals surface area contributed by atoms with Crippen LogP contribution in [0.4, 0.5) is 17.1 Å². The molecule has 53 heavy (non-hydrogen) atoms. The molecular weight excluding hydrogens is 654 g/mol. The van der Waals surface area contributed by atoms with Crippen molar-refractivity contribution in [1.82, 2.24) is 0 Å². The maximum absolute atomic E-state index is 3.60. The Balaban J connectivity index is 1.22. The van der Waals surface area contributed by atoms with Gasteiger partial charge in [-0.05, 0) is 66.6 Å². The van der Waals surface area contributed by atoms with E-state index in [4.69, 9.17) is 0 Å². The van der Waals surface area contributed by atoms with E-state index in [-0.39, 0.29) is 6.85 Å². The Kier molecular flexibility index (Phi) is 6.80. The van der Waals surface area contributed by atoms with E-state index in [2.05, 4.69) is 212 Å². The fraction of sp³-hybridized carbons (Fsp3) is 0. The van der Waals surface area contributed by atoms with Gasteiger partial charge in [0.05, 0.1) is 0 Å². The molecule has 0 saturated heterocycles. The molecule has 3 heterocycles. The van der Waals surface area contributed by atoms with Crippen LogP contribution in [0.1, 0.15) is 0 Å². The number of benzene rings is 8. The molecule has 0 saturated carbocycles. The van der Waals surface area contributed by atoms with Crippen LogP contribution in [0.3, 0.4) is 0 Å². The maximum Gasteiger partial charge on any atom is 0.329 e. The molecule has 8 aromatic carbocycles. The molecule has 0 aromatic heterocycles. The number of para-hydroxylation sites is 3. The molecule has 1 radical (unpaired) electrons. The standard InChI is InChI=1S/C48H33B2N2Si/c1-3-15-33(16-4-1)53(34-17-5-2-6-18-34,35-27-29-37-40-20-8-12-24-46(40)51-49-43(37)31-35)36-28-30-39-42-22-10-14-26-48(42)52-47-25-13-9-21-41(47)38-19-7-11-23-44(38)50(52)45(39)32-36/h1-32,51H. The van der Waals surface area contributed by atoms with Crippen LogP contribution in [-0.2, 0) is 0 Å². The van der Waals surface area contributed by atoms with Crippen LogP contribution in [0.25, 0.3) is 33.4 Å². The first-order valence-corrected chi connectivity index (χ1v) is 20.5. The average molecular weight is 688 g/mol. The minimum absolute atomic E-state index is 0.0294. The average Bonchev–Trinajstić information content (AvgIpc) is 3.24. The summed E-state index contributed by atoms with van der Waals surface area (Å²) in [5.74, 6) is 0. The van der Waals surface area contributed by atoms with E-state index < -0.39 is 8.07 Å². The zero-order valence-corrected chi connectivity index (χ0v) is 30.1. The second kappa shape index (κ2) is 11.9. The lowest BCUT2D eigenvalue weighted by Gasteiger charge is -2.44. The molecule has 0 spiro atoms. The van der Waals surface area contributed by atoms with Gasteiger partial charge in [-0.1, -0.05) is 181 Å². The number of anilines is 3. The van der Waals surface area contributed by atoms with Crippen molar-refractivity contribution in [3.63, 3.8) is 0 Å². The van der Waals surface area contributed by atoms with Gasteiger partial charge in [-0.3, -0.25) is 0 Å². The lowest BCUT2D eigenvalue weighted by molar-refractivity contribution is 1.35. The van der Waals surface area contributed by atoms with Gasteiger partial charge >= 0.3 is 6.85 Å². The van der Waals surface area contributed by atoms with E-state index in [1.54, 1.807) is 0 Å². The van der Waals surface area contributed by atoms with Crippen LogP contribution in [0, 0.1) is 0 Å². The van der Waals surface area contributed by atoms with Crippen molar-refractivity contribution in [2.75, 3.05) is 10.0 Å². The zero-order chi connectivity index (χ0) is 34.9. The van der Waals surface area contributed by atoms with E-state index in [1.807, 2.05) is 0 Å². The van der Waals surface area contributed by atoms with Crippen molar-refractivity contribution in [3.8, 4) is 33.4 Å². The topological polar surface area (TPSA) is 15.3 Å². The Hall–Kier alpha value is -6.29. The third-order valence-electron chi connectivity index (χ3n) is 11.7. The van der Waals surface area contributed by atoms with Crippen molar-refractivity contribution in [2.24, 2.45) is 0 Å². The first-order valence-electron chi connectivity index (χ1n) is 18.5. The summed E-state index contributed by atoms with van der Waals surface area (Å²) in [6.45, 7) is 0.0294. The first kappa shape index (κ1) is 30.3. The number of fused-ring (bicyclic) bond motifs is 14. The van der Waals surface area contributed by atoms with Crippen LogP contribution < -0.4 is 47.2 Å². The van der Waals surface area contributed by atoms with Crippen molar-refractivity contribution in [3.05, 3.63) is 194 Å². The number of nitrogens with one attached hydrogen (secondary N) is 1. The van der Waals surface area contributed by atoms with E-state index in [0.717, 1.165) is 5.69 Å². The Morgan fingerprint density at radius 1 is 0.396 bits per heavy atom. The van der Waals surface area contributed by atoms with Crippen LogP contribution in [0.2, 0.25) is 0 Å². The molecule has 2 nitrogen and oxygen atoms in total. The lowest BCUT2D eigenvalue weighted by Crippen LogP contribution is -2.75. The Morgan fingerprint density at radius 2 is 0.906 bits per heavy atom. The molecule has 8 aromatic rings. The molecule has 245 valence electrons. The van der Waals surface area contributed by atoms with Gasteiger partial charge in [-0.25, -0.2) is 0 Å². The molecule has 3 aliphatic heterocycles. The summed E-state index contributed by atoms with van der Waals surface area (Å²) in [5, 5.41) is 9.10. The van der Waals surface area contributed by atoms with Crippen LogP contribution >= 0.6 is 0 Å². The predicted octanol–water partition coefficient (Wildman–Crippen LogP) is 6.31. The molecule has 5 heteroatoms. The molecule has 0 bridgehead atoms. The first-order chi connectivity index (χ1) is 26.3. The molecule has 0 aliphatic carbocycles. The summed E-state index contributed by atoms with van der Waals surface area (Å²) >= 11 is 0. The highest BCUT2D eigenvalue weighted by molar-refractivity contribution is 7.20. The molecule has 0 fully saturated rings. The van der Waals surface area contributed by atoms with Crippen molar-refractivity contribution < 1.29 is 0 Å². The van der Waals surface area contributed by atoms with E-state index in [1.165, 1.54) is 81.9 Å². The molecule has 0 atom stereocenters. The Labute approximate surface area is 312 Å². The second-order valence-electron chi connectivity index (χ2n) is 14.3. The van der Waals surface area contributed by atoms with Crippen molar-refractivity contribution in [2.45, 2.75) is 0 Å². The third-order valence-corrected chi connectivity index (χ3v) is 16.5. The number of nitrogens with zero attached hydrogens (tertiary/aromatic N) is 1. The molecular formula is C48H33B2N2Si. The molecule has 3 aliphatic rings. The van der Waals surface area contributed by atoms with Gasteiger partial charge in [0.25, 0.3) is 7.41 Å². The highest BCUT2D eigenvalue weighted by Gasteiger charge is 2.46. The van der Waals surface area contributed by atoms with E-state index in [9.17, 15) is 0 Å². The van der Waals surface area contributed by atoms with Crippen LogP contribution in [0.15, 0.2) is 194 Å². The maximum atomic E-state index is 3.60. The van der Waals surface area contributed by atoms with Crippen molar-refractivity contribution >= 4 is 76.5 Å². The number of rotatable bonds is 4. The highest BCUT2D eigenvalue weighted by Crippen LogP contribution is 2.45. The summed E-state index contributed by atoms with van der Waals surface area (Å²) in [6.07, 6.45) is 0. The van der Waals surface area contributed by atoms with Gasteiger partial charge in [-0.2, -0.15) is 0 Å². The number of hydrogen-bond donors (Lipinski definition) is 1. The lowest BCUT2D eigenvalue weighted by atomic mass is 9.43. The molecule has 0 unspecified atom stereocenters. The zero-order valence-electron chi connectivity index (χ0n) is 29.1. The van der Waals surface area contributed by atoms with Gasteiger partial charge in [-0.15, -0.1) is 0 Å². The van der Waals surface area contributed by atoms with Gasteiger partial charge in [0.15, 0.2) is 8.07 Å². The highest BCUT2D eigenvalue weighted by atomic mass is 28.3. The summed E-state index contributed by atoms with van der Waals surface area (Å²) in [7, 11) is -0.699. The minimum Gasteiger partial charge on any atom is -0.427 e. The molecule has 1 N–H and O–H groups in total. The smallest absolute Gasteiger partial charge is 0.329 e. The second-order valence-corrected chi connectivity index (χ2v) is 18.1. The predicted molar refractivity (Wildman–Crippen MR) is 229 cm³/mol.